The lowest BCUT2D eigenvalue weighted by Crippen LogP contribution is -1.91. The van der Waals surface area contributed by atoms with E-state index in [0.717, 1.165) is 9.64 Å². The number of rotatable bonds is 3. The van der Waals surface area contributed by atoms with E-state index in [-0.39, 0.29) is 11.3 Å². The molecule has 4 heteroatoms. The zero-order chi connectivity index (χ0) is 12.3. The van der Waals surface area contributed by atoms with Gasteiger partial charge in [-0.2, -0.15) is 0 Å². The van der Waals surface area contributed by atoms with Gasteiger partial charge in [-0.05, 0) is 52.9 Å². The number of para-hydroxylation sites is 1. The molecule has 86 valence electrons. The van der Waals surface area contributed by atoms with Crippen LogP contribution in [0.2, 0.25) is 0 Å². The van der Waals surface area contributed by atoms with Crippen molar-refractivity contribution >= 4 is 28.9 Å². The summed E-state index contributed by atoms with van der Waals surface area (Å²) in [5, 5.41) is 0. The second-order valence-electron chi connectivity index (χ2n) is 3.34. The van der Waals surface area contributed by atoms with Crippen molar-refractivity contribution in [1.82, 2.24) is 0 Å². The van der Waals surface area contributed by atoms with Gasteiger partial charge in [0.2, 0.25) is 0 Å². The van der Waals surface area contributed by atoms with Crippen LogP contribution in [0.5, 0.6) is 11.5 Å². The van der Waals surface area contributed by atoms with Gasteiger partial charge in [0.15, 0.2) is 11.6 Å². The minimum atomic E-state index is -0.547. The van der Waals surface area contributed by atoms with Gasteiger partial charge in [-0.3, -0.25) is 4.79 Å². The molecule has 0 radical (unpaired) electrons. The molecule has 0 aliphatic rings. The Bertz CT molecular complexity index is 555. The van der Waals surface area contributed by atoms with Crippen molar-refractivity contribution in [2.45, 2.75) is 0 Å². The third kappa shape index (κ3) is 2.82. The first-order valence-electron chi connectivity index (χ1n) is 4.88. The molecule has 0 aliphatic carbocycles. The van der Waals surface area contributed by atoms with Crippen molar-refractivity contribution in [2.75, 3.05) is 0 Å². The number of ether oxygens (including phenoxy) is 1. The Labute approximate surface area is 112 Å². The molecule has 0 amide bonds. The lowest BCUT2D eigenvalue weighted by atomic mass is 10.2. The van der Waals surface area contributed by atoms with Crippen molar-refractivity contribution < 1.29 is 13.9 Å². The van der Waals surface area contributed by atoms with Crippen LogP contribution in [0.1, 0.15) is 10.4 Å². The van der Waals surface area contributed by atoms with Crippen LogP contribution in [-0.2, 0) is 0 Å². The van der Waals surface area contributed by atoms with E-state index in [9.17, 15) is 9.18 Å². The van der Waals surface area contributed by atoms with Crippen LogP contribution in [0, 0.1) is 9.39 Å². The van der Waals surface area contributed by atoms with Crippen LogP contribution in [-0.4, -0.2) is 6.29 Å². The number of carbonyl (C=O) groups excluding carboxylic acids is 1. The summed E-state index contributed by atoms with van der Waals surface area (Å²) in [5.74, 6) is 0.153. The summed E-state index contributed by atoms with van der Waals surface area (Å²) < 4.78 is 19.9. The molecule has 2 aromatic rings. The summed E-state index contributed by atoms with van der Waals surface area (Å²) >= 11 is 2.11. The molecule has 0 saturated heterocycles. The van der Waals surface area contributed by atoms with Crippen LogP contribution in [0.3, 0.4) is 0 Å². The Morgan fingerprint density at radius 1 is 1.12 bits per heavy atom. The molecule has 17 heavy (non-hydrogen) atoms. The van der Waals surface area contributed by atoms with Crippen LogP contribution >= 0.6 is 22.6 Å². The standard InChI is InChI=1S/C13H8FIO2/c14-10-7-9(8-16)5-6-12(10)17-13-4-2-1-3-11(13)15/h1-8H. The van der Waals surface area contributed by atoms with Gasteiger partial charge >= 0.3 is 0 Å². The monoisotopic (exact) mass is 342 g/mol. The molecule has 0 aromatic heterocycles. The van der Waals surface area contributed by atoms with Crippen molar-refractivity contribution in [3.63, 3.8) is 0 Å². The van der Waals surface area contributed by atoms with Crippen LogP contribution in [0.15, 0.2) is 42.5 Å². The zero-order valence-corrected chi connectivity index (χ0v) is 10.8. The largest absolute Gasteiger partial charge is 0.453 e. The molecular weight excluding hydrogens is 334 g/mol. The van der Waals surface area contributed by atoms with E-state index in [1.54, 1.807) is 6.07 Å². The average Bonchev–Trinajstić information content (AvgIpc) is 2.34. The molecule has 0 atom stereocenters. The van der Waals surface area contributed by atoms with Crippen molar-refractivity contribution in [2.24, 2.45) is 0 Å². The number of benzene rings is 2. The van der Waals surface area contributed by atoms with Crippen LogP contribution in [0.25, 0.3) is 0 Å². The highest BCUT2D eigenvalue weighted by molar-refractivity contribution is 14.1. The highest BCUT2D eigenvalue weighted by Gasteiger charge is 2.07. The summed E-state index contributed by atoms with van der Waals surface area (Å²) in [5.41, 5.74) is 0.289. The average molecular weight is 342 g/mol. The molecule has 0 heterocycles. The quantitative estimate of drug-likeness (QED) is 0.622. The summed E-state index contributed by atoms with van der Waals surface area (Å²) in [4.78, 5) is 10.5. The summed E-state index contributed by atoms with van der Waals surface area (Å²) in [6.45, 7) is 0. The zero-order valence-electron chi connectivity index (χ0n) is 8.69. The fourth-order valence-electron chi connectivity index (χ4n) is 1.32. The molecule has 0 spiro atoms. The van der Waals surface area contributed by atoms with Gasteiger partial charge in [0, 0.05) is 5.56 Å². The summed E-state index contributed by atoms with van der Waals surface area (Å²) in [7, 11) is 0. The van der Waals surface area contributed by atoms with Gasteiger partial charge in [-0.15, -0.1) is 0 Å². The predicted molar refractivity (Wildman–Crippen MR) is 71.0 cm³/mol. The maximum Gasteiger partial charge on any atom is 0.166 e. The fourth-order valence-corrected chi connectivity index (χ4v) is 1.82. The van der Waals surface area contributed by atoms with Crippen molar-refractivity contribution in [1.29, 1.82) is 0 Å². The SMILES string of the molecule is O=Cc1ccc(Oc2ccccc2I)c(F)c1. The molecule has 2 rings (SSSR count). The molecule has 0 unspecified atom stereocenters. The van der Waals surface area contributed by atoms with Gasteiger partial charge in [-0.25, -0.2) is 4.39 Å². The first kappa shape index (κ1) is 12.0. The van der Waals surface area contributed by atoms with Gasteiger partial charge in [-0.1, -0.05) is 12.1 Å². The number of hydrogen-bond acceptors (Lipinski definition) is 2. The van der Waals surface area contributed by atoms with E-state index in [4.69, 9.17) is 4.74 Å². The van der Waals surface area contributed by atoms with Gasteiger partial charge in [0.05, 0.1) is 3.57 Å². The topological polar surface area (TPSA) is 26.3 Å². The Hall–Kier alpha value is -1.43. The van der Waals surface area contributed by atoms with Crippen molar-refractivity contribution in [3.05, 3.63) is 57.4 Å². The third-order valence-electron chi connectivity index (χ3n) is 2.15. The second kappa shape index (κ2) is 5.27. The van der Waals surface area contributed by atoms with E-state index in [1.165, 1.54) is 12.1 Å². The minimum Gasteiger partial charge on any atom is -0.453 e. The normalized spacial score (nSPS) is 10.0. The highest BCUT2D eigenvalue weighted by Crippen LogP contribution is 2.28. The number of carbonyl (C=O) groups is 1. The molecular formula is C13H8FIO2. The van der Waals surface area contributed by atoms with E-state index in [2.05, 4.69) is 22.6 Å². The first-order chi connectivity index (χ1) is 8.20. The third-order valence-corrected chi connectivity index (χ3v) is 3.04. The smallest absolute Gasteiger partial charge is 0.166 e. The molecule has 0 aliphatic heterocycles. The van der Waals surface area contributed by atoms with Crippen LogP contribution < -0.4 is 4.74 Å². The Morgan fingerprint density at radius 2 is 1.88 bits per heavy atom. The number of aldehydes is 1. The number of halogens is 2. The molecule has 2 nitrogen and oxygen atoms in total. The van der Waals surface area contributed by atoms with Crippen LogP contribution in [0.4, 0.5) is 4.39 Å². The van der Waals surface area contributed by atoms with E-state index >= 15 is 0 Å². The molecule has 0 fully saturated rings. The maximum atomic E-state index is 13.6. The highest BCUT2D eigenvalue weighted by atomic mass is 127. The summed E-state index contributed by atoms with van der Waals surface area (Å²) in [6.07, 6.45) is 0.596. The second-order valence-corrected chi connectivity index (χ2v) is 4.50. The molecule has 2 aromatic carbocycles. The molecule has 0 saturated carbocycles. The van der Waals surface area contributed by atoms with E-state index in [0.29, 0.717) is 12.0 Å². The van der Waals surface area contributed by atoms with Crippen molar-refractivity contribution in [3.8, 4) is 11.5 Å². The van der Waals surface area contributed by atoms with E-state index in [1.807, 2.05) is 18.2 Å². The Balaban J connectivity index is 2.31. The molecule has 0 bridgehead atoms. The minimum absolute atomic E-state index is 0.111. The lowest BCUT2D eigenvalue weighted by Gasteiger charge is -2.08. The Morgan fingerprint density at radius 3 is 2.53 bits per heavy atom. The lowest BCUT2D eigenvalue weighted by molar-refractivity contribution is 0.112. The number of hydrogen-bond donors (Lipinski definition) is 0. The summed E-state index contributed by atoms with van der Waals surface area (Å²) in [6, 6.07) is 11.4. The predicted octanol–water partition coefficient (Wildman–Crippen LogP) is 4.04. The van der Waals surface area contributed by atoms with Gasteiger partial charge < -0.3 is 4.74 Å². The maximum absolute atomic E-state index is 13.6. The van der Waals surface area contributed by atoms with E-state index < -0.39 is 5.82 Å². The molecule has 0 N–H and O–H groups in total. The first-order valence-corrected chi connectivity index (χ1v) is 5.95. The fraction of sp³-hybridized carbons (Fsp3) is 0. The van der Waals surface area contributed by atoms with Gasteiger partial charge in [0.25, 0.3) is 0 Å². The van der Waals surface area contributed by atoms with Gasteiger partial charge in [0.1, 0.15) is 12.0 Å². The Kier molecular flexibility index (Phi) is 3.73.